The highest BCUT2D eigenvalue weighted by atomic mass is 16.5. The predicted molar refractivity (Wildman–Crippen MR) is 79.3 cm³/mol. The van der Waals surface area contributed by atoms with Crippen molar-refractivity contribution in [2.24, 2.45) is 0 Å². The standard InChI is InChI=1S/C16H19NO2/c1-11-9-16(19-4)14(10-15(11)18-3)12-5-7-13(17-2)8-6-12/h5-10,17H,1-4H3. The maximum absolute atomic E-state index is 5.47. The lowest BCUT2D eigenvalue weighted by Crippen LogP contribution is -1.93. The zero-order valence-corrected chi connectivity index (χ0v) is 11.8. The summed E-state index contributed by atoms with van der Waals surface area (Å²) >= 11 is 0. The fourth-order valence-corrected chi connectivity index (χ4v) is 2.09. The first-order chi connectivity index (χ1) is 9.19. The minimum absolute atomic E-state index is 0.857. The van der Waals surface area contributed by atoms with Gasteiger partial charge in [0.15, 0.2) is 0 Å². The van der Waals surface area contributed by atoms with E-state index in [0.29, 0.717) is 0 Å². The molecule has 0 atom stereocenters. The fraction of sp³-hybridized carbons (Fsp3) is 0.250. The molecule has 1 N–H and O–H groups in total. The Hall–Kier alpha value is -2.16. The number of benzene rings is 2. The van der Waals surface area contributed by atoms with E-state index in [1.807, 2.05) is 38.2 Å². The van der Waals surface area contributed by atoms with E-state index in [2.05, 4.69) is 17.4 Å². The summed E-state index contributed by atoms with van der Waals surface area (Å²) < 4.78 is 10.8. The number of ether oxygens (including phenoxy) is 2. The summed E-state index contributed by atoms with van der Waals surface area (Å²) in [5, 5.41) is 3.11. The number of nitrogens with one attached hydrogen (secondary N) is 1. The quantitative estimate of drug-likeness (QED) is 0.905. The van der Waals surface area contributed by atoms with Crippen LogP contribution in [-0.4, -0.2) is 21.3 Å². The van der Waals surface area contributed by atoms with Crippen LogP contribution in [-0.2, 0) is 0 Å². The van der Waals surface area contributed by atoms with Crippen LogP contribution >= 0.6 is 0 Å². The molecule has 0 spiro atoms. The number of anilines is 1. The van der Waals surface area contributed by atoms with E-state index in [1.54, 1.807) is 14.2 Å². The van der Waals surface area contributed by atoms with Crippen LogP contribution in [0.25, 0.3) is 11.1 Å². The van der Waals surface area contributed by atoms with Gasteiger partial charge in [0, 0.05) is 18.3 Å². The van der Waals surface area contributed by atoms with Crippen LogP contribution in [0.4, 0.5) is 5.69 Å². The lowest BCUT2D eigenvalue weighted by molar-refractivity contribution is 0.402. The molecule has 0 radical (unpaired) electrons. The van der Waals surface area contributed by atoms with Gasteiger partial charge in [-0.2, -0.15) is 0 Å². The minimum Gasteiger partial charge on any atom is -0.496 e. The van der Waals surface area contributed by atoms with Gasteiger partial charge < -0.3 is 14.8 Å². The molecule has 2 aromatic rings. The summed E-state index contributed by atoms with van der Waals surface area (Å²) in [6.07, 6.45) is 0. The first kappa shape index (κ1) is 13.3. The third kappa shape index (κ3) is 2.65. The van der Waals surface area contributed by atoms with Crippen molar-refractivity contribution in [2.75, 3.05) is 26.6 Å². The second-order valence-electron chi connectivity index (χ2n) is 4.35. The Labute approximate surface area is 114 Å². The van der Waals surface area contributed by atoms with Gasteiger partial charge in [0.25, 0.3) is 0 Å². The van der Waals surface area contributed by atoms with Crippen LogP contribution < -0.4 is 14.8 Å². The zero-order chi connectivity index (χ0) is 13.8. The van der Waals surface area contributed by atoms with Crippen LogP contribution in [0.2, 0.25) is 0 Å². The van der Waals surface area contributed by atoms with Gasteiger partial charge in [0.2, 0.25) is 0 Å². The average Bonchev–Trinajstić information content (AvgIpc) is 2.47. The minimum atomic E-state index is 0.857. The van der Waals surface area contributed by atoms with E-state index < -0.39 is 0 Å². The smallest absolute Gasteiger partial charge is 0.127 e. The Morgan fingerprint density at radius 3 is 2.05 bits per heavy atom. The van der Waals surface area contributed by atoms with Crippen molar-refractivity contribution in [3.63, 3.8) is 0 Å². The van der Waals surface area contributed by atoms with E-state index in [0.717, 1.165) is 33.9 Å². The SMILES string of the molecule is CNc1ccc(-c2cc(OC)c(C)cc2OC)cc1. The largest absolute Gasteiger partial charge is 0.496 e. The highest BCUT2D eigenvalue weighted by molar-refractivity contribution is 5.74. The van der Waals surface area contributed by atoms with E-state index in [9.17, 15) is 0 Å². The summed E-state index contributed by atoms with van der Waals surface area (Å²) in [6.45, 7) is 2.01. The Morgan fingerprint density at radius 1 is 0.895 bits per heavy atom. The molecule has 0 aliphatic carbocycles. The molecule has 0 saturated heterocycles. The fourth-order valence-electron chi connectivity index (χ4n) is 2.09. The number of methoxy groups -OCH3 is 2. The van der Waals surface area contributed by atoms with Gasteiger partial charge in [0.05, 0.1) is 14.2 Å². The van der Waals surface area contributed by atoms with Gasteiger partial charge >= 0.3 is 0 Å². The van der Waals surface area contributed by atoms with Crippen molar-refractivity contribution >= 4 is 5.69 Å². The molecule has 3 heteroatoms. The van der Waals surface area contributed by atoms with Crippen LogP contribution in [0, 0.1) is 6.92 Å². The molecular formula is C16H19NO2. The molecule has 0 amide bonds. The van der Waals surface area contributed by atoms with Gasteiger partial charge in [-0.3, -0.25) is 0 Å². The number of rotatable bonds is 4. The summed E-state index contributed by atoms with van der Waals surface area (Å²) in [6, 6.07) is 12.2. The van der Waals surface area contributed by atoms with E-state index >= 15 is 0 Å². The maximum Gasteiger partial charge on any atom is 0.127 e. The van der Waals surface area contributed by atoms with E-state index in [1.165, 1.54) is 0 Å². The van der Waals surface area contributed by atoms with Crippen molar-refractivity contribution < 1.29 is 9.47 Å². The molecule has 0 aliphatic heterocycles. The van der Waals surface area contributed by atoms with Crippen LogP contribution in [0.15, 0.2) is 36.4 Å². The predicted octanol–water partition coefficient (Wildman–Crippen LogP) is 3.72. The molecule has 0 aliphatic rings. The molecule has 100 valence electrons. The molecule has 0 fully saturated rings. The Morgan fingerprint density at radius 2 is 1.53 bits per heavy atom. The second-order valence-corrected chi connectivity index (χ2v) is 4.35. The molecule has 0 aromatic heterocycles. The molecule has 19 heavy (non-hydrogen) atoms. The van der Waals surface area contributed by atoms with E-state index in [4.69, 9.17) is 9.47 Å². The summed E-state index contributed by atoms with van der Waals surface area (Å²) in [5.41, 5.74) is 4.29. The van der Waals surface area contributed by atoms with Crippen LogP contribution in [0.3, 0.4) is 0 Å². The molecule has 0 bridgehead atoms. The van der Waals surface area contributed by atoms with Gasteiger partial charge in [-0.1, -0.05) is 12.1 Å². The molecule has 2 aromatic carbocycles. The number of aryl methyl sites for hydroxylation is 1. The maximum atomic E-state index is 5.47. The van der Waals surface area contributed by atoms with Crippen LogP contribution in [0.1, 0.15) is 5.56 Å². The first-order valence-corrected chi connectivity index (χ1v) is 6.20. The third-order valence-electron chi connectivity index (χ3n) is 3.20. The van der Waals surface area contributed by atoms with Gasteiger partial charge in [-0.15, -0.1) is 0 Å². The Balaban J connectivity index is 2.52. The molecule has 2 rings (SSSR count). The third-order valence-corrected chi connectivity index (χ3v) is 3.20. The van der Waals surface area contributed by atoms with Crippen molar-refractivity contribution in [1.82, 2.24) is 0 Å². The molecular weight excluding hydrogens is 238 g/mol. The summed E-state index contributed by atoms with van der Waals surface area (Å²) in [7, 11) is 5.28. The van der Waals surface area contributed by atoms with Crippen molar-refractivity contribution in [3.05, 3.63) is 42.0 Å². The number of hydrogen-bond acceptors (Lipinski definition) is 3. The zero-order valence-electron chi connectivity index (χ0n) is 11.8. The Bertz CT molecular complexity index is 562. The van der Waals surface area contributed by atoms with Gasteiger partial charge in [-0.05, 0) is 42.3 Å². The average molecular weight is 257 g/mol. The monoisotopic (exact) mass is 257 g/mol. The molecule has 0 saturated carbocycles. The Kier molecular flexibility index (Phi) is 3.95. The highest BCUT2D eigenvalue weighted by Crippen LogP contribution is 2.36. The molecule has 3 nitrogen and oxygen atoms in total. The summed E-state index contributed by atoms with van der Waals surface area (Å²) in [4.78, 5) is 0. The van der Waals surface area contributed by atoms with Crippen molar-refractivity contribution in [2.45, 2.75) is 6.92 Å². The molecule has 0 unspecified atom stereocenters. The van der Waals surface area contributed by atoms with Gasteiger partial charge in [-0.25, -0.2) is 0 Å². The first-order valence-electron chi connectivity index (χ1n) is 6.20. The summed E-state index contributed by atoms with van der Waals surface area (Å²) in [5.74, 6) is 1.73. The van der Waals surface area contributed by atoms with Crippen molar-refractivity contribution in [1.29, 1.82) is 0 Å². The van der Waals surface area contributed by atoms with Crippen LogP contribution in [0.5, 0.6) is 11.5 Å². The van der Waals surface area contributed by atoms with E-state index in [-0.39, 0.29) is 0 Å². The lowest BCUT2D eigenvalue weighted by Gasteiger charge is -2.13. The normalized spacial score (nSPS) is 10.1. The highest BCUT2D eigenvalue weighted by Gasteiger charge is 2.10. The van der Waals surface area contributed by atoms with Gasteiger partial charge in [0.1, 0.15) is 11.5 Å². The lowest BCUT2D eigenvalue weighted by atomic mass is 10.0. The van der Waals surface area contributed by atoms with Crippen molar-refractivity contribution in [3.8, 4) is 22.6 Å². The number of hydrogen-bond donors (Lipinski definition) is 1. The molecule has 0 heterocycles. The topological polar surface area (TPSA) is 30.5 Å². The second kappa shape index (κ2) is 5.65.